The van der Waals surface area contributed by atoms with Gasteiger partial charge in [0, 0.05) is 19.5 Å². The summed E-state index contributed by atoms with van der Waals surface area (Å²) in [4.78, 5) is 5.41. The third-order valence-corrected chi connectivity index (χ3v) is 13.5. The quantitative estimate of drug-likeness (QED) is 0.0460. The lowest BCUT2D eigenvalue weighted by molar-refractivity contribution is 0.556. The molecule has 6 heteroatoms. The van der Waals surface area contributed by atoms with Crippen molar-refractivity contribution in [2.45, 2.75) is 116 Å². The molecule has 0 bridgehead atoms. The van der Waals surface area contributed by atoms with Gasteiger partial charge in [-0.3, -0.25) is 0 Å². The Labute approximate surface area is 290 Å². The monoisotopic (exact) mass is 702 g/mol. The van der Waals surface area contributed by atoms with Crippen LogP contribution < -0.4 is 0 Å². The average Bonchev–Trinajstić information content (AvgIpc) is 3.71. The van der Waals surface area contributed by atoms with E-state index in [1.165, 1.54) is 138 Å². The van der Waals surface area contributed by atoms with Crippen molar-refractivity contribution in [3.05, 3.63) is 83.9 Å². The minimum absolute atomic E-state index is 0.807. The van der Waals surface area contributed by atoms with Crippen LogP contribution >= 0.6 is 55.9 Å². The van der Waals surface area contributed by atoms with Crippen LogP contribution in [0.25, 0.3) is 30.6 Å². The first-order chi connectivity index (χ1) is 21.4. The van der Waals surface area contributed by atoms with Crippen molar-refractivity contribution in [1.29, 1.82) is 0 Å². The second-order valence-corrected chi connectivity index (χ2v) is 23.6. The second-order valence-electron chi connectivity index (χ2n) is 12.2. The Kier molecular flexibility index (Phi) is 15.9. The number of halogens is 3. The fourth-order valence-electron chi connectivity index (χ4n) is 5.75. The highest BCUT2D eigenvalue weighted by molar-refractivity contribution is 7.64. The Morgan fingerprint density at radius 2 is 0.795 bits per heavy atom. The Balaban J connectivity index is 1.14. The third-order valence-electron chi connectivity index (χ3n) is 8.43. The molecule has 2 aromatic heterocycles. The van der Waals surface area contributed by atoms with Crippen LogP contribution in [0.15, 0.2) is 72.8 Å². The minimum Gasteiger partial charge on any atom is -0.134 e. The summed E-state index contributed by atoms with van der Waals surface area (Å²) in [6, 6.07) is 26.1. The van der Waals surface area contributed by atoms with E-state index >= 15 is 0 Å². The largest absolute Gasteiger partial charge is 0.341 e. The van der Waals surface area contributed by atoms with E-state index in [9.17, 15) is 0 Å². The minimum atomic E-state index is -2.40. The maximum absolute atomic E-state index is 5.95. The van der Waals surface area contributed by atoms with Crippen molar-refractivity contribution >= 4 is 61.9 Å². The van der Waals surface area contributed by atoms with Crippen LogP contribution in [-0.4, -0.2) is 6.00 Å². The molecule has 0 spiro atoms. The Bertz CT molecular complexity index is 1340. The second kappa shape index (κ2) is 19.6. The molecule has 0 fully saturated rings. The summed E-state index contributed by atoms with van der Waals surface area (Å²) in [6.45, 7) is 2.27. The molecule has 4 rings (SSSR count). The first kappa shape index (κ1) is 35.8. The van der Waals surface area contributed by atoms with E-state index in [2.05, 4.69) is 79.7 Å². The molecule has 0 aliphatic rings. The van der Waals surface area contributed by atoms with E-state index < -0.39 is 6.00 Å². The molecule has 0 nitrogen and oxygen atoms in total. The molecule has 0 N–H and O–H groups in total. The van der Waals surface area contributed by atoms with Crippen molar-refractivity contribution in [1.82, 2.24) is 0 Å². The standard InChI is InChI=1S/C38H49Cl3S2Si/c1-2-3-4-13-16-31-18-22-33(23-19-31)35-26-28-37(42-35)38-29-27-36(43-38)34-24-20-32(21-25-34)17-14-11-9-7-5-6-8-10-12-15-30-44(39,40)41/h18-29H,2-17,30H2,1H3. The van der Waals surface area contributed by atoms with Gasteiger partial charge in [0.2, 0.25) is 0 Å². The van der Waals surface area contributed by atoms with Crippen LogP contribution in [0.5, 0.6) is 0 Å². The Morgan fingerprint density at radius 1 is 0.432 bits per heavy atom. The van der Waals surface area contributed by atoms with Gasteiger partial charge in [-0.15, -0.1) is 55.9 Å². The molecule has 0 aliphatic heterocycles. The molecule has 0 atom stereocenters. The summed E-state index contributed by atoms with van der Waals surface area (Å²) in [5, 5.41) is 0. The molecular weight excluding hydrogens is 655 g/mol. The van der Waals surface area contributed by atoms with Gasteiger partial charge < -0.3 is 0 Å². The lowest BCUT2D eigenvalue weighted by Crippen LogP contribution is -2.07. The fraction of sp³-hybridized carbons (Fsp3) is 0.474. The molecule has 0 amide bonds. The highest BCUT2D eigenvalue weighted by atomic mass is 35.8. The molecule has 0 aliphatic carbocycles. The van der Waals surface area contributed by atoms with E-state index in [1.54, 1.807) is 0 Å². The first-order valence-corrected chi connectivity index (χ1v) is 23.7. The lowest BCUT2D eigenvalue weighted by atomic mass is 10.0. The van der Waals surface area contributed by atoms with Gasteiger partial charge in [0.05, 0.1) is 0 Å². The number of benzene rings is 2. The van der Waals surface area contributed by atoms with Gasteiger partial charge in [0.25, 0.3) is 0 Å². The van der Waals surface area contributed by atoms with E-state index in [0.717, 1.165) is 12.5 Å². The van der Waals surface area contributed by atoms with Crippen molar-refractivity contribution in [3.8, 4) is 30.6 Å². The highest BCUT2D eigenvalue weighted by Gasteiger charge is 2.23. The van der Waals surface area contributed by atoms with Crippen LogP contribution in [0, 0.1) is 0 Å². The number of rotatable bonds is 21. The Hall–Kier alpha value is -1.07. The smallest absolute Gasteiger partial charge is 0.134 e. The predicted molar refractivity (Wildman–Crippen MR) is 204 cm³/mol. The molecule has 44 heavy (non-hydrogen) atoms. The summed E-state index contributed by atoms with van der Waals surface area (Å²) < 4.78 is 0. The van der Waals surface area contributed by atoms with Gasteiger partial charge in [-0.05, 0) is 78.2 Å². The molecule has 0 unspecified atom stereocenters. The number of hydrogen-bond acceptors (Lipinski definition) is 2. The molecule has 2 heterocycles. The van der Waals surface area contributed by atoms with Gasteiger partial charge in [-0.2, -0.15) is 0 Å². The zero-order valence-corrected chi connectivity index (χ0v) is 31.3. The van der Waals surface area contributed by atoms with Crippen LogP contribution in [0.3, 0.4) is 0 Å². The zero-order chi connectivity index (χ0) is 31.0. The molecule has 0 saturated carbocycles. The third kappa shape index (κ3) is 13.0. The van der Waals surface area contributed by atoms with Gasteiger partial charge in [0.15, 0.2) is 0 Å². The van der Waals surface area contributed by atoms with Crippen molar-refractivity contribution in [2.24, 2.45) is 0 Å². The molecule has 4 aromatic rings. The van der Waals surface area contributed by atoms with Crippen molar-refractivity contribution < 1.29 is 0 Å². The number of aryl methyl sites for hydroxylation is 2. The lowest BCUT2D eigenvalue weighted by Gasteiger charge is -2.07. The summed E-state index contributed by atoms with van der Waals surface area (Å²) in [6.07, 6.45) is 20.6. The number of hydrogen-bond donors (Lipinski definition) is 0. The molecule has 0 saturated heterocycles. The van der Waals surface area contributed by atoms with E-state index in [0.29, 0.717) is 0 Å². The molecule has 0 radical (unpaired) electrons. The van der Waals surface area contributed by atoms with Crippen LogP contribution in [-0.2, 0) is 12.8 Å². The van der Waals surface area contributed by atoms with E-state index in [-0.39, 0.29) is 0 Å². The fourth-order valence-corrected chi connectivity index (χ4v) is 9.71. The maximum atomic E-state index is 5.95. The number of unbranched alkanes of at least 4 members (excludes halogenated alkanes) is 12. The van der Waals surface area contributed by atoms with Gasteiger partial charge in [0.1, 0.15) is 0 Å². The summed E-state index contributed by atoms with van der Waals surface area (Å²) in [7, 11) is 0. The van der Waals surface area contributed by atoms with E-state index in [4.69, 9.17) is 33.2 Å². The topological polar surface area (TPSA) is 0 Å². The van der Waals surface area contributed by atoms with Gasteiger partial charge >= 0.3 is 6.00 Å². The Morgan fingerprint density at radius 3 is 1.20 bits per heavy atom. The maximum Gasteiger partial charge on any atom is 0.341 e. The molecular formula is C38H49Cl3S2Si. The SMILES string of the molecule is CCCCCCc1ccc(-c2ccc(-c3ccc(-c4ccc(CCCCCCCCCCCC[Si](Cl)(Cl)Cl)cc4)s3)s2)cc1. The van der Waals surface area contributed by atoms with Crippen LogP contribution in [0.2, 0.25) is 6.04 Å². The summed E-state index contributed by atoms with van der Waals surface area (Å²) >= 11 is 21.7. The summed E-state index contributed by atoms with van der Waals surface area (Å²) in [5.74, 6) is 0. The molecule has 2 aromatic carbocycles. The highest BCUT2D eigenvalue weighted by Crippen LogP contribution is 2.40. The van der Waals surface area contributed by atoms with Crippen molar-refractivity contribution in [2.75, 3.05) is 0 Å². The first-order valence-electron chi connectivity index (χ1n) is 16.9. The average molecular weight is 704 g/mol. The van der Waals surface area contributed by atoms with Gasteiger partial charge in [-0.25, -0.2) is 0 Å². The summed E-state index contributed by atoms with van der Waals surface area (Å²) in [5.41, 5.74) is 5.57. The normalized spacial score (nSPS) is 11.8. The number of thiophene rings is 2. The van der Waals surface area contributed by atoms with Crippen LogP contribution in [0.4, 0.5) is 0 Å². The van der Waals surface area contributed by atoms with Crippen molar-refractivity contribution in [3.63, 3.8) is 0 Å². The van der Waals surface area contributed by atoms with Crippen LogP contribution in [0.1, 0.15) is 108 Å². The predicted octanol–water partition coefficient (Wildman–Crippen LogP) is 15.0. The zero-order valence-electron chi connectivity index (χ0n) is 26.4. The molecule has 238 valence electrons. The van der Waals surface area contributed by atoms with Gasteiger partial charge in [-0.1, -0.05) is 133 Å². The van der Waals surface area contributed by atoms with E-state index in [1.807, 2.05) is 22.7 Å².